The molecule has 0 aromatic rings. The molecule has 3 atom stereocenters. The van der Waals surface area contributed by atoms with Crippen molar-refractivity contribution in [3.05, 3.63) is 0 Å². The van der Waals surface area contributed by atoms with Crippen molar-refractivity contribution >= 4 is 11.9 Å². The van der Waals surface area contributed by atoms with Crippen LogP contribution < -0.4 is 5.32 Å². The van der Waals surface area contributed by atoms with E-state index >= 15 is 0 Å². The molecule has 0 bridgehead atoms. The Hall–Kier alpha value is -1.06. The minimum absolute atomic E-state index is 0.0345. The van der Waals surface area contributed by atoms with Crippen LogP contribution in [0.3, 0.4) is 0 Å². The van der Waals surface area contributed by atoms with E-state index < -0.39 is 11.9 Å². The smallest absolute Gasteiger partial charge is 0.307 e. The van der Waals surface area contributed by atoms with Crippen molar-refractivity contribution in [1.29, 1.82) is 0 Å². The molecule has 0 aromatic carbocycles. The Morgan fingerprint density at radius 2 is 1.79 bits per heavy atom. The number of hydrogen-bond acceptors (Lipinski definition) is 2. The quantitative estimate of drug-likeness (QED) is 0.822. The first-order valence-corrected chi connectivity index (χ1v) is 7.50. The third kappa shape index (κ3) is 3.10. The SMILES string of the molecule is CCC1CC(C(=O)O)C(C(=O)NC2(C)CCCC2)C1. The second-order valence-corrected chi connectivity index (χ2v) is 6.55. The van der Waals surface area contributed by atoms with Crippen LogP contribution in [0.25, 0.3) is 0 Å². The van der Waals surface area contributed by atoms with E-state index in [2.05, 4.69) is 19.2 Å². The van der Waals surface area contributed by atoms with Crippen molar-refractivity contribution in [2.45, 2.75) is 64.3 Å². The number of carbonyl (C=O) groups is 2. The standard InChI is InChI=1S/C15H25NO3/c1-3-10-8-11(12(9-10)14(18)19)13(17)16-15(2)6-4-5-7-15/h10-12H,3-9H2,1-2H3,(H,16,17)(H,18,19). The molecular formula is C15H25NO3. The summed E-state index contributed by atoms with van der Waals surface area (Å²) in [6.45, 7) is 4.15. The van der Waals surface area contributed by atoms with Gasteiger partial charge in [0.1, 0.15) is 0 Å². The molecule has 3 unspecified atom stereocenters. The lowest BCUT2D eigenvalue weighted by atomic mass is 9.92. The molecule has 0 aliphatic heterocycles. The molecule has 0 aromatic heterocycles. The van der Waals surface area contributed by atoms with Gasteiger partial charge >= 0.3 is 5.97 Å². The molecule has 0 heterocycles. The van der Waals surface area contributed by atoms with Gasteiger partial charge in [0.25, 0.3) is 0 Å². The maximum atomic E-state index is 12.4. The van der Waals surface area contributed by atoms with Crippen LogP contribution >= 0.6 is 0 Å². The van der Waals surface area contributed by atoms with Crippen molar-refractivity contribution in [2.24, 2.45) is 17.8 Å². The largest absolute Gasteiger partial charge is 0.481 e. The molecule has 2 N–H and O–H groups in total. The Morgan fingerprint density at radius 3 is 2.32 bits per heavy atom. The summed E-state index contributed by atoms with van der Waals surface area (Å²) >= 11 is 0. The molecule has 108 valence electrons. The van der Waals surface area contributed by atoms with Gasteiger partial charge in [-0.05, 0) is 38.5 Å². The lowest BCUT2D eigenvalue weighted by molar-refractivity contribution is -0.146. The minimum Gasteiger partial charge on any atom is -0.481 e. The molecule has 1 amide bonds. The number of amides is 1. The topological polar surface area (TPSA) is 66.4 Å². The van der Waals surface area contributed by atoms with E-state index in [4.69, 9.17) is 0 Å². The van der Waals surface area contributed by atoms with Crippen LogP contribution in [-0.2, 0) is 9.59 Å². The second-order valence-electron chi connectivity index (χ2n) is 6.55. The van der Waals surface area contributed by atoms with Gasteiger partial charge in [0.15, 0.2) is 0 Å². The summed E-state index contributed by atoms with van der Waals surface area (Å²) in [4.78, 5) is 23.7. The predicted octanol–water partition coefficient (Wildman–Crippen LogP) is 2.57. The van der Waals surface area contributed by atoms with Gasteiger partial charge in [-0.15, -0.1) is 0 Å². The Balaban J connectivity index is 2.02. The van der Waals surface area contributed by atoms with E-state index in [1.807, 2.05) is 0 Å². The zero-order valence-corrected chi connectivity index (χ0v) is 11.9. The predicted molar refractivity (Wildman–Crippen MR) is 72.6 cm³/mol. The van der Waals surface area contributed by atoms with Crippen molar-refractivity contribution < 1.29 is 14.7 Å². The lowest BCUT2D eigenvalue weighted by Crippen LogP contribution is -2.47. The fraction of sp³-hybridized carbons (Fsp3) is 0.867. The Bertz CT molecular complexity index is 360. The molecule has 2 aliphatic carbocycles. The fourth-order valence-electron chi connectivity index (χ4n) is 3.71. The zero-order valence-electron chi connectivity index (χ0n) is 11.9. The first-order chi connectivity index (χ1) is 8.95. The van der Waals surface area contributed by atoms with Crippen LogP contribution in [0.1, 0.15) is 58.8 Å². The number of aliphatic carboxylic acids is 1. The van der Waals surface area contributed by atoms with Crippen molar-refractivity contribution in [1.82, 2.24) is 5.32 Å². The first-order valence-electron chi connectivity index (χ1n) is 7.50. The Labute approximate surface area is 115 Å². The highest BCUT2D eigenvalue weighted by Crippen LogP contribution is 2.39. The van der Waals surface area contributed by atoms with Crippen LogP contribution in [0.5, 0.6) is 0 Å². The minimum atomic E-state index is -0.812. The average Bonchev–Trinajstić information content (AvgIpc) is 2.95. The lowest BCUT2D eigenvalue weighted by Gasteiger charge is -2.28. The van der Waals surface area contributed by atoms with Gasteiger partial charge in [0.2, 0.25) is 5.91 Å². The monoisotopic (exact) mass is 267 g/mol. The van der Waals surface area contributed by atoms with Crippen molar-refractivity contribution in [3.8, 4) is 0 Å². The van der Waals surface area contributed by atoms with Gasteiger partial charge in [-0.1, -0.05) is 26.2 Å². The molecule has 2 fully saturated rings. The number of carboxylic acid groups (broad SMARTS) is 1. The maximum absolute atomic E-state index is 12.4. The van der Waals surface area contributed by atoms with Crippen molar-refractivity contribution in [2.75, 3.05) is 0 Å². The first kappa shape index (κ1) is 14.4. The Kier molecular flexibility index (Phi) is 4.16. The highest BCUT2D eigenvalue weighted by molar-refractivity contribution is 5.85. The molecule has 0 radical (unpaired) electrons. The van der Waals surface area contributed by atoms with Crippen LogP contribution in [-0.4, -0.2) is 22.5 Å². The summed E-state index contributed by atoms with van der Waals surface area (Å²) in [5.74, 6) is -1.29. The van der Waals surface area contributed by atoms with E-state index in [9.17, 15) is 14.7 Å². The summed E-state index contributed by atoms with van der Waals surface area (Å²) < 4.78 is 0. The van der Waals surface area contributed by atoms with Gasteiger partial charge in [0, 0.05) is 5.54 Å². The van der Waals surface area contributed by atoms with Gasteiger partial charge < -0.3 is 10.4 Å². The van der Waals surface area contributed by atoms with E-state index in [1.165, 1.54) is 0 Å². The zero-order chi connectivity index (χ0) is 14.0. The molecule has 19 heavy (non-hydrogen) atoms. The maximum Gasteiger partial charge on any atom is 0.307 e. The third-order valence-corrected chi connectivity index (χ3v) is 5.02. The van der Waals surface area contributed by atoms with Crippen molar-refractivity contribution in [3.63, 3.8) is 0 Å². The molecular weight excluding hydrogens is 242 g/mol. The molecule has 2 saturated carbocycles. The molecule has 2 rings (SSSR count). The van der Waals surface area contributed by atoms with Crippen LogP contribution in [0.2, 0.25) is 0 Å². The van der Waals surface area contributed by atoms with E-state index in [1.54, 1.807) is 0 Å². The molecule has 2 aliphatic rings. The molecule has 0 spiro atoms. The highest BCUT2D eigenvalue weighted by atomic mass is 16.4. The summed E-state index contributed by atoms with van der Waals surface area (Å²) in [5.41, 5.74) is -0.107. The highest BCUT2D eigenvalue weighted by Gasteiger charge is 2.43. The van der Waals surface area contributed by atoms with Crippen LogP contribution in [0, 0.1) is 17.8 Å². The van der Waals surface area contributed by atoms with Gasteiger partial charge in [-0.25, -0.2) is 0 Å². The van der Waals surface area contributed by atoms with Crippen LogP contribution in [0.4, 0.5) is 0 Å². The van der Waals surface area contributed by atoms with Crippen LogP contribution in [0.15, 0.2) is 0 Å². The number of nitrogens with one attached hydrogen (secondary N) is 1. The average molecular weight is 267 g/mol. The number of hydrogen-bond donors (Lipinski definition) is 2. The molecule has 4 nitrogen and oxygen atoms in total. The van der Waals surface area contributed by atoms with Gasteiger partial charge in [0.05, 0.1) is 11.8 Å². The number of rotatable bonds is 4. The van der Waals surface area contributed by atoms with E-state index in [0.717, 1.165) is 38.5 Å². The van der Waals surface area contributed by atoms with E-state index in [-0.39, 0.29) is 17.4 Å². The third-order valence-electron chi connectivity index (χ3n) is 5.02. The molecule has 4 heteroatoms. The molecule has 0 saturated heterocycles. The summed E-state index contributed by atoms with van der Waals surface area (Å²) in [7, 11) is 0. The van der Waals surface area contributed by atoms with Gasteiger partial charge in [-0.2, -0.15) is 0 Å². The second kappa shape index (κ2) is 5.51. The number of carboxylic acids is 1. The normalized spacial score (nSPS) is 33.3. The van der Waals surface area contributed by atoms with Gasteiger partial charge in [-0.3, -0.25) is 9.59 Å². The summed E-state index contributed by atoms with van der Waals surface area (Å²) in [6.07, 6.45) is 6.68. The summed E-state index contributed by atoms with van der Waals surface area (Å²) in [5, 5.41) is 12.4. The fourth-order valence-corrected chi connectivity index (χ4v) is 3.71. The number of carbonyl (C=O) groups excluding carboxylic acids is 1. The summed E-state index contributed by atoms with van der Waals surface area (Å²) in [6, 6.07) is 0. The van der Waals surface area contributed by atoms with E-state index in [0.29, 0.717) is 12.3 Å². The Morgan fingerprint density at radius 1 is 1.21 bits per heavy atom.